The fourth-order valence-corrected chi connectivity index (χ4v) is 4.26. The number of fused-ring (bicyclic) bond motifs is 1. The Balaban J connectivity index is 1.57. The molecule has 4 nitrogen and oxygen atoms in total. The molecule has 1 saturated heterocycles. The zero-order chi connectivity index (χ0) is 18.0. The highest BCUT2D eigenvalue weighted by molar-refractivity contribution is 5.77. The van der Waals surface area contributed by atoms with Gasteiger partial charge in [-0.1, -0.05) is 26.0 Å². The Kier molecular flexibility index (Phi) is 5.67. The number of benzene rings is 1. The zero-order valence-corrected chi connectivity index (χ0v) is 16.1. The summed E-state index contributed by atoms with van der Waals surface area (Å²) in [7, 11) is 4.16. The molecule has 3 rings (SSSR count). The van der Waals surface area contributed by atoms with Gasteiger partial charge in [-0.05, 0) is 55.3 Å². The van der Waals surface area contributed by atoms with Crippen LogP contribution >= 0.6 is 0 Å². The van der Waals surface area contributed by atoms with Crippen LogP contribution in [-0.4, -0.2) is 49.0 Å². The number of carbonyl (C=O) groups excluding carboxylic acids is 1. The van der Waals surface area contributed by atoms with Crippen molar-refractivity contribution in [3.8, 4) is 5.75 Å². The molecule has 1 amide bonds. The van der Waals surface area contributed by atoms with Crippen molar-refractivity contribution in [2.45, 2.75) is 45.7 Å². The number of amides is 1. The van der Waals surface area contributed by atoms with Crippen LogP contribution in [-0.2, 0) is 11.3 Å². The van der Waals surface area contributed by atoms with Gasteiger partial charge in [0.1, 0.15) is 5.75 Å². The molecule has 1 saturated carbocycles. The van der Waals surface area contributed by atoms with E-state index < -0.39 is 0 Å². The van der Waals surface area contributed by atoms with Crippen LogP contribution in [0.25, 0.3) is 0 Å². The highest BCUT2D eigenvalue weighted by Gasteiger charge is 2.41. The molecule has 3 atom stereocenters. The number of likely N-dealkylation sites (tertiary alicyclic amines) is 1. The first-order chi connectivity index (χ1) is 11.9. The minimum Gasteiger partial charge on any atom is -0.493 e. The van der Waals surface area contributed by atoms with Crippen LogP contribution in [0.4, 0.5) is 0 Å². The molecule has 0 aromatic heterocycles. The highest BCUT2D eigenvalue weighted by atomic mass is 16.5. The molecule has 1 heterocycles. The molecule has 4 heteroatoms. The number of ether oxygens (including phenoxy) is 1. The Morgan fingerprint density at radius 2 is 2.04 bits per heavy atom. The van der Waals surface area contributed by atoms with Gasteiger partial charge < -0.3 is 9.64 Å². The maximum absolute atomic E-state index is 11.9. The fraction of sp³-hybridized carbons (Fsp3) is 0.667. The van der Waals surface area contributed by atoms with Gasteiger partial charge >= 0.3 is 0 Å². The van der Waals surface area contributed by atoms with E-state index in [0.29, 0.717) is 29.7 Å². The zero-order valence-electron chi connectivity index (χ0n) is 16.1. The Bertz CT molecular complexity index is 601. The molecule has 138 valence electrons. The second kappa shape index (κ2) is 7.77. The topological polar surface area (TPSA) is 32.8 Å². The van der Waals surface area contributed by atoms with E-state index in [1.807, 2.05) is 18.0 Å². The molecule has 1 aliphatic carbocycles. The smallest absolute Gasteiger partial charge is 0.222 e. The van der Waals surface area contributed by atoms with E-state index in [1.165, 1.54) is 12.0 Å². The van der Waals surface area contributed by atoms with E-state index in [1.54, 1.807) is 0 Å². The lowest BCUT2D eigenvalue weighted by Crippen LogP contribution is -2.39. The van der Waals surface area contributed by atoms with Crippen LogP contribution in [0, 0.1) is 17.8 Å². The summed E-state index contributed by atoms with van der Waals surface area (Å²) in [6.45, 7) is 6.96. The molecule has 1 aromatic rings. The summed E-state index contributed by atoms with van der Waals surface area (Å²) in [5, 5.41) is 0. The number of hydrogen-bond acceptors (Lipinski definition) is 3. The van der Waals surface area contributed by atoms with Crippen molar-refractivity contribution >= 4 is 5.91 Å². The van der Waals surface area contributed by atoms with Gasteiger partial charge in [0, 0.05) is 32.6 Å². The number of piperidine rings is 1. The summed E-state index contributed by atoms with van der Waals surface area (Å²) >= 11 is 0. The van der Waals surface area contributed by atoms with E-state index in [9.17, 15) is 4.79 Å². The van der Waals surface area contributed by atoms with Crippen molar-refractivity contribution in [2.24, 2.45) is 17.8 Å². The number of rotatable bonds is 6. The van der Waals surface area contributed by atoms with Gasteiger partial charge in [0.15, 0.2) is 0 Å². The van der Waals surface area contributed by atoms with Crippen LogP contribution in [0.2, 0.25) is 0 Å². The van der Waals surface area contributed by atoms with Crippen molar-refractivity contribution in [1.29, 1.82) is 0 Å². The summed E-state index contributed by atoms with van der Waals surface area (Å²) in [6.07, 6.45) is 3.11. The number of hydrogen-bond donors (Lipinski definition) is 0. The summed E-state index contributed by atoms with van der Waals surface area (Å²) < 4.78 is 5.85. The Morgan fingerprint density at radius 3 is 2.80 bits per heavy atom. The Hall–Kier alpha value is -1.55. The fourth-order valence-electron chi connectivity index (χ4n) is 4.26. The molecular formula is C21H32N2O2. The molecule has 2 fully saturated rings. The van der Waals surface area contributed by atoms with Gasteiger partial charge in [-0.15, -0.1) is 0 Å². The van der Waals surface area contributed by atoms with Gasteiger partial charge in [0.25, 0.3) is 0 Å². The summed E-state index contributed by atoms with van der Waals surface area (Å²) in [6, 6.07) is 9.05. The molecule has 0 radical (unpaired) electrons. The summed E-state index contributed by atoms with van der Waals surface area (Å²) in [4.78, 5) is 16.3. The first-order valence-corrected chi connectivity index (χ1v) is 9.58. The first kappa shape index (κ1) is 18.2. The minimum atomic E-state index is 0.319. The van der Waals surface area contributed by atoms with Crippen molar-refractivity contribution < 1.29 is 9.53 Å². The molecule has 1 aliphatic heterocycles. The van der Waals surface area contributed by atoms with Crippen LogP contribution in [0.15, 0.2) is 24.3 Å². The molecule has 25 heavy (non-hydrogen) atoms. The maximum Gasteiger partial charge on any atom is 0.222 e. The lowest BCUT2D eigenvalue weighted by Gasteiger charge is -2.31. The molecule has 0 N–H and O–H groups in total. The van der Waals surface area contributed by atoms with E-state index >= 15 is 0 Å². The normalized spacial score (nSPS) is 26.4. The van der Waals surface area contributed by atoms with Gasteiger partial charge in [0.2, 0.25) is 5.91 Å². The lowest BCUT2D eigenvalue weighted by atomic mass is 9.88. The molecular weight excluding hydrogens is 312 g/mol. The van der Waals surface area contributed by atoms with Gasteiger partial charge in [-0.2, -0.15) is 0 Å². The van der Waals surface area contributed by atoms with Crippen LogP contribution in [0.5, 0.6) is 5.75 Å². The number of nitrogens with zero attached hydrogens (tertiary/aromatic N) is 2. The standard InChI is InChI=1S/C21H32N2O2/c1-15(2)14-25-20-7-5-6-16(8-20)12-22(3)19-9-17-11-21(24)23(4)13-18(17)10-19/h5-8,15,17-19H,9-14H2,1-4H3/t17-,18+,19-/m1/s1. The second-order valence-electron chi connectivity index (χ2n) is 8.39. The van der Waals surface area contributed by atoms with Gasteiger partial charge in [-0.25, -0.2) is 0 Å². The third-order valence-electron chi connectivity index (χ3n) is 5.72. The van der Waals surface area contributed by atoms with E-state index in [2.05, 4.69) is 44.0 Å². The SMILES string of the molecule is CC(C)COc1cccc(CN(C)[C@@H]2C[C@@H]3CC(=O)N(C)C[C@@H]3C2)c1. The van der Waals surface area contributed by atoms with Crippen molar-refractivity contribution in [3.05, 3.63) is 29.8 Å². The van der Waals surface area contributed by atoms with Gasteiger partial charge in [0.05, 0.1) is 6.61 Å². The largest absolute Gasteiger partial charge is 0.493 e. The maximum atomic E-state index is 11.9. The summed E-state index contributed by atoms with van der Waals surface area (Å²) in [5.74, 6) is 3.08. The third-order valence-corrected chi connectivity index (χ3v) is 5.72. The van der Waals surface area contributed by atoms with E-state index in [4.69, 9.17) is 4.74 Å². The van der Waals surface area contributed by atoms with Crippen molar-refractivity contribution in [1.82, 2.24) is 9.80 Å². The van der Waals surface area contributed by atoms with Crippen molar-refractivity contribution in [2.75, 3.05) is 27.2 Å². The van der Waals surface area contributed by atoms with Crippen LogP contribution < -0.4 is 4.74 Å². The Labute approximate surface area is 152 Å². The minimum absolute atomic E-state index is 0.319. The molecule has 1 aromatic carbocycles. The molecule has 0 unspecified atom stereocenters. The predicted molar refractivity (Wildman–Crippen MR) is 100 cm³/mol. The highest BCUT2D eigenvalue weighted by Crippen LogP contribution is 2.40. The first-order valence-electron chi connectivity index (χ1n) is 9.58. The van der Waals surface area contributed by atoms with Gasteiger partial charge in [-0.3, -0.25) is 9.69 Å². The monoisotopic (exact) mass is 344 g/mol. The van der Waals surface area contributed by atoms with E-state index in [0.717, 1.165) is 38.3 Å². The van der Waals surface area contributed by atoms with Crippen LogP contribution in [0.3, 0.4) is 0 Å². The lowest BCUT2D eigenvalue weighted by molar-refractivity contribution is -0.134. The third kappa shape index (κ3) is 4.55. The predicted octanol–water partition coefficient (Wildman–Crippen LogP) is 3.41. The number of carbonyl (C=O) groups is 1. The quantitative estimate of drug-likeness (QED) is 0.793. The van der Waals surface area contributed by atoms with Crippen molar-refractivity contribution in [3.63, 3.8) is 0 Å². The molecule has 0 bridgehead atoms. The second-order valence-corrected chi connectivity index (χ2v) is 8.39. The summed E-state index contributed by atoms with van der Waals surface area (Å²) in [5.41, 5.74) is 1.30. The molecule has 0 spiro atoms. The van der Waals surface area contributed by atoms with E-state index in [-0.39, 0.29) is 0 Å². The van der Waals surface area contributed by atoms with Crippen LogP contribution in [0.1, 0.15) is 38.7 Å². The average Bonchev–Trinajstić information content (AvgIpc) is 2.96. The average molecular weight is 344 g/mol. The Morgan fingerprint density at radius 1 is 1.28 bits per heavy atom. The molecule has 2 aliphatic rings.